The van der Waals surface area contributed by atoms with Gasteiger partial charge in [-0.1, -0.05) is 12.1 Å². The van der Waals surface area contributed by atoms with Crippen LogP contribution in [-0.2, 0) is 22.6 Å². The van der Waals surface area contributed by atoms with E-state index in [2.05, 4.69) is 10.6 Å². The highest BCUT2D eigenvalue weighted by atomic mass is 19.1. The number of benzene rings is 2. The molecule has 2 fully saturated rings. The Hall–Kier alpha value is -3.00. The Bertz CT molecular complexity index is 935. The minimum atomic E-state index is -0.664. The Balaban J connectivity index is 1.40. The van der Waals surface area contributed by atoms with Crippen molar-refractivity contribution in [2.75, 3.05) is 6.54 Å². The first-order chi connectivity index (χ1) is 13.9. The van der Waals surface area contributed by atoms with Crippen LogP contribution < -0.4 is 10.6 Å². The van der Waals surface area contributed by atoms with Crippen molar-refractivity contribution in [3.8, 4) is 5.75 Å². The highest BCUT2D eigenvalue weighted by molar-refractivity contribution is 5.97. The maximum atomic E-state index is 13.8. The minimum absolute atomic E-state index is 0.113. The second-order valence-electron chi connectivity index (χ2n) is 7.49. The van der Waals surface area contributed by atoms with Gasteiger partial charge >= 0.3 is 0 Å². The summed E-state index contributed by atoms with van der Waals surface area (Å²) in [6.45, 7) is 0.446. The van der Waals surface area contributed by atoms with Crippen molar-refractivity contribution in [2.24, 2.45) is 0 Å². The molecule has 29 heavy (non-hydrogen) atoms. The van der Waals surface area contributed by atoms with Crippen molar-refractivity contribution in [1.29, 1.82) is 0 Å². The quantitative estimate of drug-likeness (QED) is 0.709. The summed E-state index contributed by atoms with van der Waals surface area (Å²) in [7, 11) is 0. The zero-order valence-electron chi connectivity index (χ0n) is 15.6. The van der Waals surface area contributed by atoms with E-state index >= 15 is 0 Å². The molecule has 2 amide bonds. The number of amides is 2. The Labute approximate surface area is 166 Å². The molecule has 2 saturated heterocycles. The lowest BCUT2D eigenvalue weighted by Gasteiger charge is -2.34. The van der Waals surface area contributed by atoms with Crippen LogP contribution >= 0.6 is 0 Å². The number of rotatable bonds is 5. The third-order valence-corrected chi connectivity index (χ3v) is 5.47. The number of fused-ring (bicyclic) bond motifs is 1. The van der Waals surface area contributed by atoms with Crippen LogP contribution in [0.2, 0.25) is 0 Å². The third kappa shape index (κ3) is 4.07. The molecular formula is C21H21F2N3O3. The topological polar surface area (TPSA) is 81.7 Å². The van der Waals surface area contributed by atoms with Crippen molar-refractivity contribution in [3.63, 3.8) is 0 Å². The average molecular weight is 401 g/mol. The standard InChI is InChI=1S/C21H21F2N3O3/c22-14-3-6-17(23)13(8-14)10-24-15-9-19-20(28)25-18(21(29)26(19)11-15)7-12-1-4-16(27)5-2-12/h1-6,8,15,18-19,24,27H,7,9-11H2,(H,25,28)/t15-,18-,19-/m0/s1. The number of carbonyl (C=O) groups excluding carboxylic acids is 2. The van der Waals surface area contributed by atoms with Crippen molar-refractivity contribution in [1.82, 2.24) is 15.5 Å². The van der Waals surface area contributed by atoms with Crippen LogP contribution in [0.4, 0.5) is 8.78 Å². The normalized spacial score (nSPS) is 23.8. The lowest BCUT2D eigenvalue weighted by atomic mass is 10.0. The third-order valence-electron chi connectivity index (χ3n) is 5.47. The molecule has 152 valence electrons. The van der Waals surface area contributed by atoms with Gasteiger partial charge in [-0.3, -0.25) is 9.59 Å². The van der Waals surface area contributed by atoms with E-state index in [1.807, 2.05) is 0 Å². The number of hydrogen-bond acceptors (Lipinski definition) is 4. The van der Waals surface area contributed by atoms with Crippen LogP contribution in [0, 0.1) is 11.6 Å². The molecule has 0 aliphatic carbocycles. The highest BCUT2D eigenvalue weighted by Crippen LogP contribution is 2.25. The Morgan fingerprint density at radius 2 is 1.90 bits per heavy atom. The average Bonchev–Trinajstić information content (AvgIpc) is 3.13. The molecule has 3 atom stereocenters. The number of nitrogens with zero attached hydrogens (tertiary/aromatic N) is 1. The van der Waals surface area contributed by atoms with E-state index in [0.717, 1.165) is 23.8 Å². The highest BCUT2D eigenvalue weighted by Gasteiger charge is 2.46. The first-order valence-corrected chi connectivity index (χ1v) is 9.47. The first-order valence-electron chi connectivity index (χ1n) is 9.47. The second-order valence-corrected chi connectivity index (χ2v) is 7.49. The molecule has 2 aliphatic rings. The zero-order valence-corrected chi connectivity index (χ0v) is 15.6. The summed E-state index contributed by atoms with van der Waals surface area (Å²) < 4.78 is 27.1. The van der Waals surface area contributed by atoms with E-state index < -0.39 is 23.7 Å². The predicted octanol–water partition coefficient (Wildman–Crippen LogP) is 1.47. The molecule has 2 aromatic carbocycles. The van der Waals surface area contributed by atoms with Crippen molar-refractivity contribution < 1.29 is 23.5 Å². The summed E-state index contributed by atoms with van der Waals surface area (Å²) in [5.41, 5.74) is 1.03. The molecule has 3 N–H and O–H groups in total. The van der Waals surface area contributed by atoms with Crippen LogP contribution in [0.1, 0.15) is 17.5 Å². The van der Waals surface area contributed by atoms with Gasteiger partial charge in [0.15, 0.2) is 0 Å². The number of phenolic OH excluding ortho intramolecular Hbond substituents is 1. The van der Waals surface area contributed by atoms with Crippen LogP contribution in [0.15, 0.2) is 42.5 Å². The molecule has 0 aromatic heterocycles. The molecule has 0 spiro atoms. The lowest BCUT2D eigenvalue weighted by Crippen LogP contribution is -2.61. The van der Waals surface area contributed by atoms with Gasteiger partial charge in [-0.2, -0.15) is 0 Å². The maximum absolute atomic E-state index is 13.8. The Morgan fingerprint density at radius 1 is 1.14 bits per heavy atom. The Morgan fingerprint density at radius 3 is 2.66 bits per heavy atom. The summed E-state index contributed by atoms with van der Waals surface area (Å²) in [6.07, 6.45) is 0.751. The van der Waals surface area contributed by atoms with E-state index in [-0.39, 0.29) is 35.7 Å². The summed E-state index contributed by atoms with van der Waals surface area (Å²) in [5.74, 6) is -1.26. The van der Waals surface area contributed by atoms with Crippen LogP contribution in [-0.4, -0.2) is 46.5 Å². The molecule has 2 heterocycles. The maximum Gasteiger partial charge on any atom is 0.246 e. The molecule has 8 heteroatoms. The molecule has 0 radical (unpaired) electrons. The van der Waals surface area contributed by atoms with Crippen molar-refractivity contribution in [3.05, 3.63) is 65.2 Å². The molecule has 0 saturated carbocycles. The van der Waals surface area contributed by atoms with Gasteiger partial charge in [0.05, 0.1) is 0 Å². The van der Waals surface area contributed by atoms with Gasteiger partial charge in [0.1, 0.15) is 29.5 Å². The van der Waals surface area contributed by atoms with Crippen LogP contribution in [0.25, 0.3) is 0 Å². The van der Waals surface area contributed by atoms with Gasteiger partial charge in [-0.25, -0.2) is 8.78 Å². The monoisotopic (exact) mass is 401 g/mol. The van der Waals surface area contributed by atoms with Crippen molar-refractivity contribution in [2.45, 2.75) is 37.5 Å². The fourth-order valence-corrected chi connectivity index (χ4v) is 3.94. The number of halogens is 2. The molecule has 6 nitrogen and oxygen atoms in total. The summed E-state index contributed by atoms with van der Waals surface area (Å²) in [5, 5.41) is 15.3. The number of hydrogen-bond donors (Lipinski definition) is 3. The fraction of sp³-hybridized carbons (Fsp3) is 0.333. The van der Waals surface area contributed by atoms with Crippen LogP contribution in [0.5, 0.6) is 5.75 Å². The SMILES string of the molecule is O=C1N[C@@H](Cc2ccc(O)cc2)C(=O)N2C[C@@H](NCc3cc(F)ccc3F)C[C@@H]12. The largest absolute Gasteiger partial charge is 0.508 e. The summed E-state index contributed by atoms with van der Waals surface area (Å²) in [6, 6.07) is 8.35. The van der Waals surface area contributed by atoms with Gasteiger partial charge in [0.2, 0.25) is 11.8 Å². The van der Waals surface area contributed by atoms with E-state index in [0.29, 0.717) is 19.4 Å². The minimum Gasteiger partial charge on any atom is -0.508 e. The second kappa shape index (κ2) is 7.79. The van der Waals surface area contributed by atoms with Crippen molar-refractivity contribution >= 4 is 11.8 Å². The van der Waals surface area contributed by atoms with Gasteiger partial charge < -0.3 is 20.6 Å². The summed E-state index contributed by atoms with van der Waals surface area (Å²) in [4.78, 5) is 26.9. The zero-order chi connectivity index (χ0) is 20.5. The lowest BCUT2D eigenvalue weighted by molar-refractivity contribution is -0.147. The molecular weight excluding hydrogens is 380 g/mol. The van der Waals surface area contributed by atoms with E-state index in [9.17, 15) is 23.5 Å². The van der Waals surface area contributed by atoms with Crippen LogP contribution in [0.3, 0.4) is 0 Å². The van der Waals surface area contributed by atoms with Gasteiger partial charge in [0, 0.05) is 31.1 Å². The first kappa shape index (κ1) is 19.3. The molecule has 0 bridgehead atoms. The van der Waals surface area contributed by atoms with E-state index in [4.69, 9.17) is 0 Å². The number of aromatic hydroxyl groups is 1. The number of piperazine rings is 1. The van der Waals surface area contributed by atoms with Gasteiger partial charge in [-0.15, -0.1) is 0 Å². The van der Waals surface area contributed by atoms with Gasteiger partial charge in [0.25, 0.3) is 0 Å². The molecule has 4 rings (SSSR count). The fourth-order valence-electron chi connectivity index (χ4n) is 3.94. The molecule has 2 aliphatic heterocycles. The van der Waals surface area contributed by atoms with E-state index in [1.54, 1.807) is 17.0 Å². The molecule has 0 unspecified atom stereocenters. The number of nitrogens with one attached hydrogen (secondary N) is 2. The van der Waals surface area contributed by atoms with Gasteiger partial charge in [-0.05, 0) is 42.3 Å². The van der Waals surface area contributed by atoms with E-state index in [1.165, 1.54) is 12.1 Å². The Kier molecular flexibility index (Phi) is 5.19. The number of phenols is 1. The smallest absolute Gasteiger partial charge is 0.246 e. The molecule has 2 aromatic rings. The number of carbonyl (C=O) groups is 2. The summed E-state index contributed by atoms with van der Waals surface area (Å²) >= 11 is 0. The predicted molar refractivity (Wildman–Crippen MR) is 101 cm³/mol.